The number of nitriles is 1. The van der Waals surface area contributed by atoms with E-state index in [1.807, 2.05) is 56.3 Å². The number of halogens is 1. The van der Waals surface area contributed by atoms with Gasteiger partial charge in [-0.25, -0.2) is 0 Å². The molecule has 1 N–H and O–H groups in total. The minimum absolute atomic E-state index is 0.0284. The van der Waals surface area contributed by atoms with Crippen LogP contribution in [0.2, 0.25) is 0 Å². The molecule has 0 aliphatic rings. The molecule has 162 valence electrons. The van der Waals surface area contributed by atoms with Gasteiger partial charge in [-0.3, -0.25) is 4.79 Å². The second-order valence-corrected chi connectivity index (χ2v) is 8.69. The fourth-order valence-corrected chi connectivity index (χ4v) is 3.75. The van der Waals surface area contributed by atoms with Crippen molar-refractivity contribution in [1.29, 1.82) is 5.26 Å². The number of aryl methyl sites for hydroxylation is 4. The Morgan fingerprint density at radius 3 is 2.44 bits per heavy atom. The monoisotopic (exact) mass is 488 g/mol. The Hall–Kier alpha value is -3.36. The van der Waals surface area contributed by atoms with Crippen molar-refractivity contribution in [3.63, 3.8) is 0 Å². The predicted molar refractivity (Wildman–Crippen MR) is 133 cm³/mol. The molecule has 3 rings (SSSR count). The van der Waals surface area contributed by atoms with Crippen molar-refractivity contribution < 1.29 is 9.53 Å². The highest BCUT2D eigenvalue weighted by atomic mass is 79.9. The van der Waals surface area contributed by atoms with Crippen LogP contribution in [0.5, 0.6) is 5.75 Å². The van der Waals surface area contributed by atoms with Crippen LogP contribution in [0.3, 0.4) is 0 Å². The van der Waals surface area contributed by atoms with E-state index in [0.29, 0.717) is 18.0 Å². The molecule has 4 nitrogen and oxygen atoms in total. The standard InChI is InChI=1S/C27H25BrN2O2/c1-17-5-9-25(20(4)11-17)30-27(31)23(15-29)13-21-8-10-26(24(28)14-21)32-16-22-7-6-18(2)19(3)12-22/h5-14H,16H2,1-4H3,(H,30,31)/b23-13+. The quantitative estimate of drug-likeness (QED) is 0.306. The van der Waals surface area contributed by atoms with E-state index in [-0.39, 0.29) is 5.57 Å². The number of nitrogens with zero attached hydrogens (tertiary/aromatic N) is 1. The number of carbonyl (C=O) groups is 1. The van der Waals surface area contributed by atoms with Crippen molar-refractivity contribution in [3.05, 3.63) is 98.0 Å². The molecule has 3 aromatic carbocycles. The number of anilines is 1. The number of hydrogen-bond donors (Lipinski definition) is 1. The molecule has 0 aliphatic carbocycles. The molecule has 3 aromatic rings. The van der Waals surface area contributed by atoms with Crippen LogP contribution in [0.25, 0.3) is 6.08 Å². The predicted octanol–water partition coefficient (Wildman–Crippen LogP) is 6.81. The van der Waals surface area contributed by atoms with Crippen LogP contribution in [-0.4, -0.2) is 5.91 Å². The third-order valence-electron chi connectivity index (χ3n) is 5.23. The lowest BCUT2D eigenvalue weighted by Crippen LogP contribution is -2.14. The van der Waals surface area contributed by atoms with Crippen LogP contribution in [0.4, 0.5) is 5.69 Å². The number of rotatable bonds is 6. The zero-order valence-electron chi connectivity index (χ0n) is 18.6. The summed E-state index contributed by atoms with van der Waals surface area (Å²) in [4.78, 5) is 12.6. The largest absolute Gasteiger partial charge is 0.488 e. The van der Waals surface area contributed by atoms with Gasteiger partial charge in [-0.2, -0.15) is 5.26 Å². The molecule has 0 unspecified atom stereocenters. The SMILES string of the molecule is Cc1ccc(NC(=O)/C(C#N)=C/c2ccc(OCc3ccc(C)c(C)c3)c(Br)c2)c(C)c1. The fourth-order valence-electron chi connectivity index (χ4n) is 3.24. The summed E-state index contributed by atoms with van der Waals surface area (Å²) in [6.45, 7) is 8.54. The molecule has 0 aliphatic heterocycles. The first-order valence-corrected chi connectivity index (χ1v) is 11.0. The van der Waals surface area contributed by atoms with Crippen molar-refractivity contribution in [2.75, 3.05) is 5.32 Å². The van der Waals surface area contributed by atoms with Gasteiger partial charge in [-0.1, -0.05) is 42.0 Å². The Morgan fingerprint density at radius 2 is 1.78 bits per heavy atom. The zero-order valence-corrected chi connectivity index (χ0v) is 20.2. The van der Waals surface area contributed by atoms with Crippen LogP contribution < -0.4 is 10.1 Å². The van der Waals surface area contributed by atoms with Crippen LogP contribution in [0.1, 0.15) is 33.4 Å². The third kappa shape index (κ3) is 5.87. The Balaban J connectivity index is 1.72. The number of nitrogens with one attached hydrogen (secondary N) is 1. The number of benzene rings is 3. The molecule has 0 radical (unpaired) electrons. The Labute approximate surface area is 197 Å². The third-order valence-corrected chi connectivity index (χ3v) is 5.85. The Bertz CT molecular complexity index is 1240. The second kappa shape index (κ2) is 10.3. The van der Waals surface area contributed by atoms with E-state index >= 15 is 0 Å². The number of hydrogen-bond acceptors (Lipinski definition) is 3. The number of carbonyl (C=O) groups excluding carboxylic acids is 1. The summed E-state index contributed by atoms with van der Waals surface area (Å²) < 4.78 is 6.69. The van der Waals surface area contributed by atoms with E-state index in [0.717, 1.165) is 26.7 Å². The highest BCUT2D eigenvalue weighted by Crippen LogP contribution is 2.28. The van der Waals surface area contributed by atoms with E-state index in [9.17, 15) is 10.1 Å². The van der Waals surface area contributed by atoms with E-state index in [4.69, 9.17) is 4.74 Å². The lowest BCUT2D eigenvalue weighted by atomic mass is 10.1. The van der Waals surface area contributed by atoms with Gasteiger partial charge in [0.05, 0.1) is 4.47 Å². The summed E-state index contributed by atoms with van der Waals surface area (Å²) in [5.41, 5.74) is 7.08. The second-order valence-electron chi connectivity index (χ2n) is 7.84. The van der Waals surface area contributed by atoms with Crippen molar-refractivity contribution in [2.24, 2.45) is 0 Å². The van der Waals surface area contributed by atoms with Crippen LogP contribution in [-0.2, 0) is 11.4 Å². The van der Waals surface area contributed by atoms with Gasteiger partial charge in [0.2, 0.25) is 0 Å². The average molecular weight is 489 g/mol. The van der Waals surface area contributed by atoms with Gasteiger partial charge in [-0.15, -0.1) is 0 Å². The maximum atomic E-state index is 12.6. The van der Waals surface area contributed by atoms with Crippen LogP contribution >= 0.6 is 15.9 Å². The Morgan fingerprint density at radius 1 is 1.00 bits per heavy atom. The Kier molecular flexibility index (Phi) is 7.50. The molecule has 0 fully saturated rings. The molecule has 0 heterocycles. The van der Waals surface area contributed by atoms with Crippen molar-refractivity contribution in [2.45, 2.75) is 34.3 Å². The number of amides is 1. The molecular weight excluding hydrogens is 464 g/mol. The van der Waals surface area contributed by atoms with Gasteiger partial charge in [0, 0.05) is 5.69 Å². The van der Waals surface area contributed by atoms with Gasteiger partial charge in [0.15, 0.2) is 0 Å². The molecule has 0 atom stereocenters. The summed E-state index contributed by atoms with van der Waals surface area (Å²) in [6.07, 6.45) is 1.57. The lowest BCUT2D eigenvalue weighted by Gasteiger charge is -2.11. The molecule has 32 heavy (non-hydrogen) atoms. The minimum atomic E-state index is -0.439. The zero-order chi connectivity index (χ0) is 23.3. The van der Waals surface area contributed by atoms with Gasteiger partial charge < -0.3 is 10.1 Å². The fraction of sp³-hybridized carbons (Fsp3) is 0.185. The van der Waals surface area contributed by atoms with Gasteiger partial charge in [-0.05, 0) is 95.7 Å². The first kappa shape index (κ1) is 23.3. The first-order valence-electron chi connectivity index (χ1n) is 10.3. The summed E-state index contributed by atoms with van der Waals surface area (Å²) >= 11 is 3.53. The molecule has 0 saturated carbocycles. The van der Waals surface area contributed by atoms with Crippen LogP contribution in [0.15, 0.2) is 64.6 Å². The molecule has 0 spiro atoms. The smallest absolute Gasteiger partial charge is 0.266 e. The van der Waals surface area contributed by atoms with Crippen molar-refractivity contribution in [1.82, 2.24) is 0 Å². The highest BCUT2D eigenvalue weighted by Gasteiger charge is 2.12. The molecule has 5 heteroatoms. The average Bonchev–Trinajstić information content (AvgIpc) is 2.75. The molecule has 1 amide bonds. The lowest BCUT2D eigenvalue weighted by molar-refractivity contribution is -0.112. The van der Waals surface area contributed by atoms with Gasteiger partial charge >= 0.3 is 0 Å². The first-order chi connectivity index (χ1) is 15.3. The van der Waals surface area contributed by atoms with Crippen molar-refractivity contribution in [3.8, 4) is 11.8 Å². The highest BCUT2D eigenvalue weighted by molar-refractivity contribution is 9.10. The molecule has 0 saturated heterocycles. The number of ether oxygens (including phenoxy) is 1. The summed E-state index contributed by atoms with van der Waals surface area (Å²) in [5, 5.41) is 12.3. The minimum Gasteiger partial charge on any atom is -0.488 e. The van der Waals surface area contributed by atoms with Gasteiger partial charge in [0.25, 0.3) is 5.91 Å². The van der Waals surface area contributed by atoms with Crippen LogP contribution in [0, 0.1) is 39.0 Å². The van der Waals surface area contributed by atoms with E-state index in [1.54, 1.807) is 6.08 Å². The van der Waals surface area contributed by atoms with Crippen molar-refractivity contribution >= 4 is 33.6 Å². The van der Waals surface area contributed by atoms with Gasteiger partial charge in [0.1, 0.15) is 24.0 Å². The molecule has 0 aromatic heterocycles. The molecular formula is C27H25BrN2O2. The van der Waals surface area contributed by atoms with E-state index in [2.05, 4.69) is 53.3 Å². The summed E-state index contributed by atoms with van der Waals surface area (Å²) in [6, 6.07) is 19.5. The molecule has 0 bridgehead atoms. The summed E-state index contributed by atoms with van der Waals surface area (Å²) in [7, 11) is 0. The van der Waals surface area contributed by atoms with E-state index in [1.165, 1.54) is 11.1 Å². The summed E-state index contributed by atoms with van der Waals surface area (Å²) in [5.74, 6) is 0.254. The maximum Gasteiger partial charge on any atom is 0.266 e. The topological polar surface area (TPSA) is 62.1 Å². The normalized spacial score (nSPS) is 11.1. The maximum absolute atomic E-state index is 12.6. The van der Waals surface area contributed by atoms with E-state index < -0.39 is 5.91 Å².